The number of rotatable bonds is 5. The van der Waals surface area contributed by atoms with Gasteiger partial charge in [-0.1, -0.05) is 24.3 Å². The lowest BCUT2D eigenvalue weighted by Crippen LogP contribution is -2.42. The van der Waals surface area contributed by atoms with Crippen molar-refractivity contribution in [3.05, 3.63) is 92.9 Å². The predicted octanol–water partition coefficient (Wildman–Crippen LogP) is 2.85. The average Bonchev–Trinajstić information content (AvgIpc) is 3.45. The lowest BCUT2D eigenvalue weighted by Gasteiger charge is -2.15. The summed E-state index contributed by atoms with van der Waals surface area (Å²) in [7, 11) is 0. The highest BCUT2D eigenvalue weighted by molar-refractivity contribution is 5.72. The van der Waals surface area contributed by atoms with E-state index in [9.17, 15) is 18.4 Å². The second-order valence-electron chi connectivity index (χ2n) is 7.80. The monoisotopic (exact) mass is 438 g/mol. The molecule has 32 heavy (non-hydrogen) atoms. The molecule has 5 rings (SSSR count). The van der Waals surface area contributed by atoms with Crippen LogP contribution in [0.4, 0.5) is 8.78 Å². The molecule has 0 amide bonds. The van der Waals surface area contributed by atoms with E-state index < -0.39 is 22.9 Å². The Bertz CT molecular complexity index is 1400. The summed E-state index contributed by atoms with van der Waals surface area (Å²) in [6.45, 7) is 0.829. The molecule has 0 bridgehead atoms. The summed E-state index contributed by atoms with van der Waals surface area (Å²) in [4.78, 5) is 31.1. The second-order valence-corrected chi connectivity index (χ2v) is 7.80. The smallest absolute Gasteiger partial charge is 0.337 e. The van der Waals surface area contributed by atoms with E-state index in [2.05, 4.69) is 4.98 Å². The maximum absolute atomic E-state index is 13.7. The van der Waals surface area contributed by atoms with E-state index in [0.29, 0.717) is 17.9 Å². The largest absolute Gasteiger partial charge is 0.376 e. The molecule has 164 valence electrons. The summed E-state index contributed by atoms with van der Waals surface area (Å²) in [5.74, 6) is -1.91. The highest BCUT2D eigenvalue weighted by Gasteiger charge is 2.23. The lowest BCUT2D eigenvalue weighted by atomic mass is 10.2. The average molecular weight is 438 g/mol. The van der Waals surface area contributed by atoms with Gasteiger partial charge in [-0.15, -0.1) is 0 Å². The molecule has 1 saturated heterocycles. The highest BCUT2D eigenvalue weighted by Crippen LogP contribution is 2.17. The first-order valence-electron chi connectivity index (χ1n) is 10.3. The molecule has 4 aromatic rings. The van der Waals surface area contributed by atoms with E-state index in [4.69, 9.17) is 4.74 Å². The molecule has 0 radical (unpaired) electrons. The van der Waals surface area contributed by atoms with E-state index in [1.807, 2.05) is 6.07 Å². The quantitative estimate of drug-likeness (QED) is 0.481. The fourth-order valence-corrected chi connectivity index (χ4v) is 4.10. The fraction of sp³-hybridized carbons (Fsp3) is 0.261. The second kappa shape index (κ2) is 8.16. The Morgan fingerprint density at radius 2 is 1.88 bits per heavy atom. The summed E-state index contributed by atoms with van der Waals surface area (Å²) < 4.78 is 36.8. The maximum Gasteiger partial charge on any atom is 0.337 e. The van der Waals surface area contributed by atoms with Crippen molar-refractivity contribution in [2.24, 2.45) is 0 Å². The van der Waals surface area contributed by atoms with Crippen molar-refractivity contribution in [2.45, 2.75) is 32.0 Å². The van der Waals surface area contributed by atoms with E-state index in [0.717, 1.165) is 25.0 Å². The van der Waals surface area contributed by atoms with Crippen LogP contribution in [0.1, 0.15) is 18.4 Å². The van der Waals surface area contributed by atoms with Crippen LogP contribution < -0.4 is 11.2 Å². The molecular formula is C23H20F2N4O3. The third kappa shape index (κ3) is 3.54. The zero-order chi connectivity index (χ0) is 22.2. The van der Waals surface area contributed by atoms with Gasteiger partial charge in [0, 0.05) is 13.2 Å². The number of imidazole rings is 1. The third-order valence-corrected chi connectivity index (χ3v) is 5.66. The third-order valence-electron chi connectivity index (χ3n) is 5.66. The van der Waals surface area contributed by atoms with Gasteiger partial charge in [0.2, 0.25) is 0 Å². The van der Waals surface area contributed by atoms with Gasteiger partial charge in [-0.3, -0.25) is 9.36 Å². The minimum absolute atomic E-state index is 0.0931. The van der Waals surface area contributed by atoms with E-state index >= 15 is 0 Å². The SMILES string of the molecule is O=c1c2c(ncn2Cc2ccc(F)c(F)c2)n(-c2ccccc2)c(=O)n1C[C@@H]1CCCO1. The van der Waals surface area contributed by atoms with Crippen molar-refractivity contribution >= 4 is 11.2 Å². The van der Waals surface area contributed by atoms with Gasteiger partial charge in [-0.05, 0) is 42.7 Å². The van der Waals surface area contributed by atoms with Crippen LogP contribution in [0, 0.1) is 11.6 Å². The fourth-order valence-electron chi connectivity index (χ4n) is 4.10. The van der Waals surface area contributed by atoms with Crippen molar-refractivity contribution < 1.29 is 13.5 Å². The van der Waals surface area contributed by atoms with Gasteiger partial charge in [-0.2, -0.15) is 0 Å². The van der Waals surface area contributed by atoms with E-state index in [1.165, 1.54) is 21.5 Å². The van der Waals surface area contributed by atoms with E-state index in [-0.39, 0.29) is 30.4 Å². The molecule has 0 unspecified atom stereocenters. The summed E-state index contributed by atoms with van der Waals surface area (Å²) >= 11 is 0. The number of para-hydroxylation sites is 1. The highest BCUT2D eigenvalue weighted by atomic mass is 19.2. The number of benzene rings is 2. The molecule has 0 saturated carbocycles. The summed E-state index contributed by atoms with van der Waals surface area (Å²) in [5, 5.41) is 0. The molecule has 0 spiro atoms. The predicted molar refractivity (Wildman–Crippen MR) is 114 cm³/mol. The van der Waals surface area contributed by atoms with Crippen LogP contribution in [-0.4, -0.2) is 31.4 Å². The van der Waals surface area contributed by atoms with Gasteiger partial charge >= 0.3 is 5.69 Å². The zero-order valence-corrected chi connectivity index (χ0v) is 17.1. The first kappa shape index (κ1) is 20.3. The van der Waals surface area contributed by atoms with Gasteiger partial charge in [-0.25, -0.2) is 23.1 Å². The molecular weight excluding hydrogens is 418 g/mol. The topological polar surface area (TPSA) is 71.0 Å². The Hall–Kier alpha value is -3.59. The van der Waals surface area contributed by atoms with Crippen LogP contribution in [0.2, 0.25) is 0 Å². The molecule has 0 N–H and O–H groups in total. The first-order valence-corrected chi connectivity index (χ1v) is 10.3. The van der Waals surface area contributed by atoms with Crippen molar-refractivity contribution in [1.29, 1.82) is 0 Å². The lowest BCUT2D eigenvalue weighted by molar-refractivity contribution is 0.0950. The minimum atomic E-state index is -0.969. The molecule has 1 aliphatic heterocycles. The van der Waals surface area contributed by atoms with Crippen LogP contribution in [-0.2, 0) is 17.8 Å². The van der Waals surface area contributed by atoms with Crippen LogP contribution in [0.5, 0.6) is 0 Å². The molecule has 1 fully saturated rings. The van der Waals surface area contributed by atoms with Crippen LogP contribution >= 0.6 is 0 Å². The number of aromatic nitrogens is 4. The van der Waals surface area contributed by atoms with E-state index in [1.54, 1.807) is 28.8 Å². The molecule has 3 heterocycles. The first-order chi connectivity index (χ1) is 15.5. The van der Waals surface area contributed by atoms with Gasteiger partial charge in [0.15, 0.2) is 22.8 Å². The zero-order valence-electron chi connectivity index (χ0n) is 17.1. The standard InChI is InChI=1S/C23H20F2N4O3/c24-18-9-8-15(11-19(18)25)12-27-14-26-21-20(27)22(30)28(13-17-7-4-10-32-17)23(31)29(21)16-5-2-1-3-6-16/h1-3,5-6,8-9,11,14,17H,4,7,10,12-13H2/t17-/m0/s1. The Morgan fingerprint density at radius 1 is 1.06 bits per heavy atom. The Kier molecular flexibility index (Phi) is 5.18. The Balaban J connectivity index is 1.71. The van der Waals surface area contributed by atoms with Crippen LogP contribution in [0.25, 0.3) is 16.9 Å². The number of fused-ring (bicyclic) bond motifs is 1. The van der Waals surface area contributed by atoms with Crippen LogP contribution in [0.3, 0.4) is 0 Å². The molecule has 9 heteroatoms. The van der Waals surface area contributed by atoms with Gasteiger partial charge < -0.3 is 9.30 Å². The number of nitrogens with zero attached hydrogens (tertiary/aromatic N) is 4. The Labute approximate surface area is 181 Å². The van der Waals surface area contributed by atoms with Gasteiger partial charge in [0.25, 0.3) is 5.56 Å². The van der Waals surface area contributed by atoms with Crippen LogP contribution in [0.15, 0.2) is 64.4 Å². The van der Waals surface area contributed by atoms with Crippen molar-refractivity contribution in [3.8, 4) is 5.69 Å². The molecule has 0 aliphatic carbocycles. The van der Waals surface area contributed by atoms with Gasteiger partial charge in [0.1, 0.15) is 0 Å². The number of hydrogen-bond donors (Lipinski definition) is 0. The van der Waals surface area contributed by atoms with Crippen molar-refractivity contribution in [1.82, 2.24) is 18.7 Å². The molecule has 1 aliphatic rings. The number of ether oxygens (including phenoxy) is 1. The molecule has 2 aromatic heterocycles. The Morgan fingerprint density at radius 3 is 2.59 bits per heavy atom. The van der Waals surface area contributed by atoms with Gasteiger partial charge in [0.05, 0.1) is 24.7 Å². The minimum Gasteiger partial charge on any atom is -0.376 e. The van der Waals surface area contributed by atoms with Crippen molar-refractivity contribution in [2.75, 3.05) is 6.61 Å². The summed E-state index contributed by atoms with van der Waals surface area (Å²) in [5.41, 5.74) is 0.455. The summed E-state index contributed by atoms with van der Waals surface area (Å²) in [6, 6.07) is 12.5. The normalized spacial score (nSPS) is 16.1. The molecule has 1 atom stereocenters. The number of hydrogen-bond acceptors (Lipinski definition) is 4. The summed E-state index contributed by atoms with van der Waals surface area (Å²) in [6.07, 6.45) is 2.86. The molecule has 2 aromatic carbocycles. The van der Waals surface area contributed by atoms with Crippen molar-refractivity contribution in [3.63, 3.8) is 0 Å². The molecule has 7 nitrogen and oxygen atoms in total. The maximum atomic E-state index is 13.7. The number of halogens is 2.